The van der Waals surface area contributed by atoms with Crippen LogP contribution in [0.4, 0.5) is 0 Å². The van der Waals surface area contributed by atoms with Crippen molar-refractivity contribution in [2.24, 2.45) is 0 Å². The van der Waals surface area contributed by atoms with Crippen LogP contribution < -0.4 is 0 Å². The molecule has 2 N–H and O–H groups in total. The Kier molecular flexibility index (Phi) is 2.68. The molecule has 0 bridgehead atoms. The van der Waals surface area contributed by atoms with Crippen molar-refractivity contribution in [3.63, 3.8) is 0 Å². The van der Waals surface area contributed by atoms with Crippen molar-refractivity contribution >= 4 is 10.9 Å². The molecule has 3 rings (SSSR count). The molecule has 0 radical (unpaired) electrons. The van der Waals surface area contributed by atoms with Crippen molar-refractivity contribution < 1.29 is 9.84 Å². The first-order valence-electron chi connectivity index (χ1n) is 6.53. The second kappa shape index (κ2) is 4.11. The Balaban J connectivity index is 2.09. The highest BCUT2D eigenvalue weighted by molar-refractivity contribution is 5.83. The molecule has 1 aromatic carbocycles. The Labute approximate surface area is 107 Å². The minimum Gasteiger partial charge on any atom is -0.385 e. The predicted octanol–water partition coefficient (Wildman–Crippen LogP) is 2.94. The lowest BCUT2D eigenvalue weighted by Gasteiger charge is -2.39. The Morgan fingerprint density at radius 2 is 1.94 bits per heavy atom. The number of aromatic amines is 1. The van der Waals surface area contributed by atoms with Gasteiger partial charge in [-0.15, -0.1) is 0 Å². The third-order valence-electron chi connectivity index (χ3n) is 3.81. The second-order valence-corrected chi connectivity index (χ2v) is 5.44. The molecule has 2 aromatic rings. The van der Waals surface area contributed by atoms with E-state index >= 15 is 0 Å². The van der Waals surface area contributed by atoms with E-state index in [1.807, 2.05) is 44.3 Å². The fourth-order valence-corrected chi connectivity index (χ4v) is 3.24. The molecular formula is C15H19NO2. The van der Waals surface area contributed by atoms with Crippen LogP contribution in [0.1, 0.15) is 32.3 Å². The van der Waals surface area contributed by atoms with Crippen molar-refractivity contribution in [3.8, 4) is 0 Å². The Hall–Kier alpha value is -1.32. The van der Waals surface area contributed by atoms with Gasteiger partial charge in [-0.05, 0) is 31.5 Å². The van der Waals surface area contributed by atoms with Crippen LogP contribution in [0.15, 0.2) is 30.5 Å². The predicted molar refractivity (Wildman–Crippen MR) is 71.4 cm³/mol. The molecular weight excluding hydrogens is 226 g/mol. The molecule has 1 saturated heterocycles. The molecule has 1 aromatic heterocycles. The summed E-state index contributed by atoms with van der Waals surface area (Å²) in [5, 5.41) is 12.1. The van der Waals surface area contributed by atoms with Gasteiger partial charge in [0.25, 0.3) is 0 Å². The zero-order chi connectivity index (χ0) is 12.8. The summed E-state index contributed by atoms with van der Waals surface area (Å²) >= 11 is 0. The van der Waals surface area contributed by atoms with Gasteiger partial charge in [0.05, 0.1) is 17.8 Å². The van der Waals surface area contributed by atoms with Crippen LogP contribution in [0.25, 0.3) is 10.9 Å². The fraction of sp³-hybridized carbons (Fsp3) is 0.467. The Bertz CT molecular complexity index is 550. The number of hydrogen-bond donors (Lipinski definition) is 2. The van der Waals surface area contributed by atoms with Gasteiger partial charge < -0.3 is 14.8 Å². The van der Waals surface area contributed by atoms with Crippen molar-refractivity contribution in [3.05, 3.63) is 36.0 Å². The van der Waals surface area contributed by atoms with Crippen LogP contribution >= 0.6 is 0 Å². The molecule has 0 aliphatic carbocycles. The summed E-state index contributed by atoms with van der Waals surface area (Å²) in [6, 6.07) is 8.10. The third-order valence-corrected chi connectivity index (χ3v) is 3.81. The number of ether oxygens (including phenoxy) is 1. The maximum Gasteiger partial charge on any atom is 0.0952 e. The summed E-state index contributed by atoms with van der Waals surface area (Å²) in [5.74, 6) is 0. The molecule has 18 heavy (non-hydrogen) atoms. The highest BCUT2D eigenvalue weighted by Gasteiger charge is 2.39. The van der Waals surface area contributed by atoms with E-state index < -0.39 is 5.60 Å². The summed E-state index contributed by atoms with van der Waals surface area (Å²) < 4.78 is 5.73. The van der Waals surface area contributed by atoms with E-state index in [1.165, 1.54) is 0 Å². The number of nitrogens with one attached hydrogen (secondary N) is 1. The lowest BCUT2D eigenvalue weighted by molar-refractivity contribution is -0.135. The number of rotatable bonds is 1. The highest BCUT2D eigenvalue weighted by atomic mass is 16.5. The summed E-state index contributed by atoms with van der Waals surface area (Å²) in [5.41, 5.74) is 1.31. The standard InChI is InChI=1S/C15H19NO2/c1-10-8-15(17,9-11(2)18-10)13-4-3-5-14-12(13)6-7-16-14/h3-7,10-11,16-17H,8-9H2,1-2H3. The molecule has 1 fully saturated rings. The lowest BCUT2D eigenvalue weighted by atomic mass is 9.80. The first kappa shape index (κ1) is 11.8. The van der Waals surface area contributed by atoms with E-state index in [0.29, 0.717) is 12.8 Å². The number of fused-ring (bicyclic) bond motifs is 1. The molecule has 1 aliphatic rings. The van der Waals surface area contributed by atoms with Crippen LogP contribution in [0.2, 0.25) is 0 Å². The zero-order valence-electron chi connectivity index (χ0n) is 10.8. The van der Waals surface area contributed by atoms with E-state index in [0.717, 1.165) is 16.5 Å². The first-order valence-corrected chi connectivity index (χ1v) is 6.53. The summed E-state index contributed by atoms with van der Waals surface area (Å²) in [6.07, 6.45) is 3.41. The van der Waals surface area contributed by atoms with E-state index in [9.17, 15) is 5.11 Å². The topological polar surface area (TPSA) is 45.2 Å². The number of benzene rings is 1. The molecule has 2 atom stereocenters. The van der Waals surface area contributed by atoms with Gasteiger partial charge in [0.2, 0.25) is 0 Å². The zero-order valence-corrected chi connectivity index (χ0v) is 10.8. The second-order valence-electron chi connectivity index (χ2n) is 5.44. The number of aromatic nitrogens is 1. The van der Waals surface area contributed by atoms with Crippen LogP contribution in [0, 0.1) is 0 Å². The van der Waals surface area contributed by atoms with Crippen LogP contribution in [0.5, 0.6) is 0 Å². The lowest BCUT2D eigenvalue weighted by Crippen LogP contribution is -2.41. The number of hydrogen-bond acceptors (Lipinski definition) is 2. The minimum absolute atomic E-state index is 0.0907. The van der Waals surface area contributed by atoms with E-state index in [2.05, 4.69) is 4.98 Å². The van der Waals surface area contributed by atoms with Crippen molar-refractivity contribution in [2.75, 3.05) is 0 Å². The fourth-order valence-electron chi connectivity index (χ4n) is 3.24. The number of H-pyrrole nitrogens is 1. The van der Waals surface area contributed by atoms with Gasteiger partial charge in [-0.25, -0.2) is 0 Å². The average Bonchev–Trinajstić information content (AvgIpc) is 2.74. The van der Waals surface area contributed by atoms with Gasteiger partial charge in [-0.3, -0.25) is 0 Å². The maximum atomic E-state index is 11.0. The van der Waals surface area contributed by atoms with Crippen LogP contribution in [-0.2, 0) is 10.3 Å². The van der Waals surface area contributed by atoms with Crippen molar-refractivity contribution in [2.45, 2.75) is 44.5 Å². The van der Waals surface area contributed by atoms with Gasteiger partial charge >= 0.3 is 0 Å². The largest absolute Gasteiger partial charge is 0.385 e. The summed E-state index contributed by atoms with van der Waals surface area (Å²) in [6.45, 7) is 4.05. The first-order chi connectivity index (χ1) is 8.58. The quantitative estimate of drug-likeness (QED) is 0.811. The normalized spacial score (nSPS) is 32.8. The van der Waals surface area contributed by atoms with Gasteiger partial charge in [0, 0.05) is 29.9 Å². The van der Waals surface area contributed by atoms with Gasteiger partial charge in [-0.2, -0.15) is 0 Å². The third kappa shape index (κ3) is 1.84. The van der Waals surface area contributed by atoms with Crippen molar-refractivity contribution in [1.82, 2.24) is 4.98 Å². The smallest absolute Gasteiger partial charge is 0.0952 e. The molecule has 3 nitrogen and oxygen atoms in total. The summed E-state index contributed by atoms with van der Waals surface area (Å²) in [4.78, 5) is 3.20. The molecule has 2 heterocycles. The van der Waals surface area contributed by atoms with Crippen LogP contribution in [-0.4, -0.2) is 22.3 Å². The van der Waals surface area contributed by atoms with Crippen LogP contribution in [0.3, 0.4) is 0 Å². The highest BCUT2D eigenvalue weighted by Crippen LogP contribution is 2.40. The monoisotopic (exact) mass is 245 g/mol. The minimum atomic E-state index is -0.779. The maximum absolute atomic E-state index is 11.0. The van der Waals surface area contributed by atoms with Gasteiger partial charge in [0.1, 0.15) is 0 Å². The molecule has 0 amide bonds. The molecule has 1 aliphatic heterocycles. The van der Waals surface area contributed by atoms with E-state index in [1.54, 1.807) is 0 Å². The molecule has 2 unspecified atom stereocenters. The molecule has 0 saturated carbocycles. The average molecular weight is 245 g/mol. The SMILES string of the molecule is CC1CC(O)(c2cccc3[nH]ccc23)CC(C)O1. The van der Waals surface area contributed by atoms with Crippen molar-refractivity contribution in [1.29, 1.82) is 0 Å². The molecule has 3 heteroatoms. The summed E-state index contributed by atoms with van der Waals surface area (Å²) in [7, 11) is 0. The molecule has 96 valence electrons. The van der Waals surface area contributed by atoms with Gasteiger partial charge in [0.15, 0.2) is 0 Å². The Morgan fingerprint density at radius 3 is 2.67 bits per heavy atom. The van der Waals surface area contributed by atoms with Gasteiger partial charge in [-0.1, -0.05) is 12.1 Å². The van der Waals surface area contributed by atoms with E-state index in [-0.39, 0.29) is 12.2 Å². The number of aliphatic hydroxyl groups is 1. The molecule has 0 spiro atoms. The van der Waals surface area contributed by atoms with E-state index in [4.69, 9.17) is 4.74 Å². The Morgan fingerprint density at radius 1 is 1.22 bits per heavy atom.